The minimum Gasteiger partial charge on any atom is -0.310 e. The van der Waals surface area contributed by atoms with E-state index < -0.39 is 0 Å². The molecule has 0 aliphatic rings. The lowest BCUT2D eigenvalue weighted by molar-refractivity contribution is 0.564. The smallest absolute Gasteiger partial charge is 0.141 e. The summed E-state index contributed by atoms with van der Waals surface area (Å²) in [6, 6.07) is 5.83. The van der Waals surface area contributed by atoms with Crippen LogP contribution in [0, 0.1) is 5.82 Å². The van der Waals surface area contributed by atoms with E-state index in [-0.39, 0.29) is 11.9 Å². The van der Waals surface area contributed by atoms with Crippen LogP contribution in [0.15, 0.2) is 36.0 Å². The molecule has 17 heavy (non-hydrogen) atoms. The molecule has 0 aromatic carbocycles. The standard InChI is InChI=1S/C13H15FN2S/c1-10(11-7-12(14)9-15-8-11)16-5-4-13-3-2-6-17-13/h2-3,6-10,16H,4-5H2,1H3. The fourth-order valence-electron chi connectivity index (χ4n) is 1.65. The van der Waals surface area contributed by atoms with Gasteiger partial charge in [0, 0.05) is 23.7 Å². The van der Waals surface area contributed by atoms with E-state index >= 15 is 0 Å². The topological polar surface area (TPSA) is 24.9 Å². The lowest BCUT2D eigenvalue weighted by Crippen LogP contribution is -2.21. The lowest BCUT2D eigenvalue weighted by Gasteiger charge is -2.13. The minimum atomic E-state index is -0.283. The zero-order chi connectivity index (χ0) is 12.1. The van der Waals surface area contributed by atoms with E-state index in [0.29, 0.717) is 0 Å². The Bertz CT molecular complexity index is 456. The van der Waals surface area contributed by atoms with Crippen molar-refractivity contribution in [2.75, 3.05) is 6.54 Å². The summed E-state index contributed by atoms with van der Waals surface area (Å²) in [6.45, 7) is 2.91. The minimum absolute atomic E-state index is 0.123. The van der Waals surface area contributed by atoms with Crippen LogP contribution in [0.4, 0.5) is 4.39 Å². The fourth-order valence-corrected chi connectivity index (χ4v) is 2.36. The molecular weight excluding hydrogens is 235 g/mol. The third kappa shape index (κ3) is 3.61. The third-order valence-corrected chi connectivity index (χ3v) is 3.56. The second kappa shape index (κ2) is 5.89. The summed E-state index contributed by atoms with van der Waals surface area (Å²) in [6.07, 6.45) is 3.93. The maximum absolute atomic E-state index is 13.0. The molecule has 0 bridgehead atoms. The van der Waals surface area contributed by atoms with Gasteiger partial charge in [0.1, 0.15) is 5.82 Å². The van der Waals surface area contributed by atoms with Crippen molar-refractivity contribution in [3.63, 3.8) is 0 Å². The average molecular weight is 250 g/mol. The number of rotatable bonds is 5. The van der Waals surface area contributed by atoms with E-state index in [1.54, 1.807) is 17.5 Å². The molecule has 2 aromatic rings. The SMILES string of the molecule is CC(NCCc1cccs1)c1cncc(F)c1. The molecule has 0 saturated carbocycles. The molecule has 90 valence electrons. The van der Waals surface area contributed by atoms with E-state index in [2.05, 4.69) is 27.8 Å². The highest BCUT2D eigenvalue weighted by Gasteiger charge is 2.06. The highest BCUT2D eigenvalue weighted by molar-refractivity contribution is 7.09. The zero-order valence-electron chi connectivity index (χ0n) is 9.69. The van der Waals surface area contributed by atoms with Gasteiger partial charge in [-0.2, -0.15) is 0 Å². The molecule has 0 radical (unpaired) electrons. The van der Waals surface area contributed by atoms with Gasteiger partial charge in [-0.3, -0.25) is 4.98 Å². The second-order valence-electron chi connectivity index (χ2n) is 3.94. The van der Waals surface area contributed by atoms with Crippen molar-refractivity contribution in [2.45, 2.75) is 19.4 Å². The number of hydrogen-bond acceptors (Lipinski definition) is 3. The first-order valence-electron chi connectivity index (χ1n) is 5.62. The molecule has 0 aliphatic heterocycles. The van der Waals surface area contributed by atoms with Gasteiger partial charge in [0.25, 0.3) is 0 Å². The number of pyridine rings is 1. The summed E-state index contributed by atoms with van der Waals surface area (Å²) >= 11 is 1.76. The maximum atomic E-state index is 13.0. The first kappa shape index (κ1) is 12.2. The van der Waals surface area contributed by atoms with Crippen LogP contribution in [0.1, 0.15) is 23.4 Å². The van der Waals surface area contributed by atoms with Gasteiger partial charge in [-0.25, -0.2) is 4.39 Å². The fraction of sp³-hybridized carbons (Fsp3) is 0.308. The van der Waals surface area contributed by atoms with Gasteiger partial charge in [0.15, 0.2) is 0 Å². The number of aromatic nitrogens is 1. The van der Waals surface area contributed by atoms with Crippen molar-refractivity contribution in [3.8, 4) is 0 Å². The van der Waals surface area contributed by atoms with Crippen molar-refractivity contribution in [1.29, 1.82) is 0 Å². The van der Waals surface area contributed by atoms with Crippen LogP contribution >= 0.6 is 11.3 Å². The lowest BCUT2D eigenvalue weighted by atomic mass is 10.1. The first-order chi connectivity index (χ1) is 8.25. The number of nitrogens with one attached hydrogen (secondary N) is 1. The summed E-state index contributed by atoms with van der Waals surface area (Å²) < 4.78 is 13.0. The van der Waals surface area contributed by atoms with E-state index in [1.165, 1.54) is 17.1 Å². The quantitative estimate of drug-likeness (QED) is 0.881. The van der Waals surface area contributed by atoms with Crippen LogP contribution in [-0.2, 0) is 6.42 Å². The molecule has 2 nitrogen and oxygen atoms in total. The summed E-state index contributed by atoms with van der Waals surface area (Å²) in [5, 5.41) is 5.44. The zero-order valence-corrected chi connectivity index (χ0v) is 10.5. The predicted molar refractivity (Wildman–Crippen MR) is 68.6 cm³/mol. The second-order valence-corrected chi connectivity index (χ2v) is 4.97. The Morgan fingerprint density at radius 3 is 3.06 bits per heavy atom. The van der Waals surface area contributed by atoms with Crippen LogP contribution in [0.3, 0.4) is 0 Å². The molecule has 0 fully saturated rings. The van der Waals surface area contributed by atoms with Crippen molar-refractivity contribution >= 4 is 11.3 Å². The molecule has 1 atom stereocenters. The van der Waals surface area contributed by atoms with Gasteiger partial charge in [-0.1, -0.05) is 6.07 Å². The van der Waals surface area contributed by atoms with E-state index in [4.69, 9.17) is 0 Å². The highest BCUT2D eigenvalue weighted by Crippen LogP contribution is 2.13. The Hall–Kier alpha value is -1.26. The molecule has 1 N–H and O–H groups in total. The van der Waals surface area contributed by atoms with Gasteiger partial charge in [0.05, 0.1) is 6.20 Å². The van der Waals surface area contributed by atoms with Crippen LogP contribution < -0.4 is 5.32 Å². The van der Waals surface area contributed by atoms with Gasteiger partial charge >= 0.3 is 0 Å². The van der Waals surface area contributed by atoms with Gasteiger partial charge in [-0.05, 0) is 36.4 Å². The van der Waals surface area contributed by atoms with Crippen LogP contribution in [0.25, 0.3) is 0 Å². The number of hydrogen-bond donors (Lipinski definition) is 1. The molecule has 0 spiro atoms. The van der Waals surface area contributed by atoms with Crippen LogP contribution in [0.2, 0.25) is 0 Å². The Kier molecular flexibility index (Phi) is 4.23. The Labute approximate surface area is 105 Å². The molecule has 4 heteroatoms. The van der Waals surface area contributed by atoms with Crippen molar-refractivity contribution in [3.05, 3.63) is 52.2 Å². The normalized spacial score (nSPS) is 12.6. The average Bonchev–Trinajstić information content (AvgIpc) is 2.82. The molecule has 0 saturated heterocycles. The number of thiophene rings is 1. The number of halogens is 1. The van der Waals surface area contributed by atoms with Crippen molar-refractivity contribution in [1.82, 2.24) is 10.3 Å². The first-order valence-corrected chi connectivity index (χ1v) is 6.50. The molecule has 0 amide bonds. The maximum Gasteiger partial charge on any atom is 0.141 e. The van der Waals surface area contributed by atoms with Crippen molar-refractivity contribution < 1.29 is 4.39 Å². The molecule has 2 aromatic heterocycles. The van der Waals surface area contributed by atoms with E-state index in [0.717, 1.165) is 18.5 Å². The highest BCUT2D eigenvalue weighted by atomic mass is 32.1. The Morgan fingerprint density at radius 1 is 1.47 bits per heavy atom. The summed E-state index contributed by atoms with van der Waals surface area (Å²) in [5.41, 5.74) is 0.885. The van der Waals surface area contributed by atoms with Crippen molar-refractivity contribution in [2.24, 2.45) is 0 Å². The summed E-state index contributed by atoms with van der Waals surface area (Å²) in [4.78, 5) is 5.21. The molecule has 1 unspecified atom stereocenters. The summed E-state index contributed by atoms with van der Waals surface area (Å²) in [7, 11) is 0. The third-order valence-electron chi connectivity index (χ3n) is 2.63. The monoisotopic (exact) mass is 250 g/mol. The van der Waals surface area contributed by atoms with Gasteiger partial charge in [0.2, 0.25) is 0 Å². The largest absolute Gasteiger partial charge is 0.310 e. The van der Waals surface area contributed by atoms with Crippen LogP contribution in [-0.4, -0.2) is 11.5 Å². The van der Waals surface area contributed by atoms with Gasteiger partial charge < -0.3 is 5.32 Å². The molecule has 2 rings (SSSR count). The van der Waals surface area contributed by atoms with E-state index in [1.807, 2.05) is 6.92 Å². The van der Waals surface area contributed by atoms with Crippen LogP contribution in [0.5, 0.6) is 0 Å². The summed E-state index contributed by atoms with van der Waals surface area (Å²) in [5.74, 6) is -0.283. The van der Waals surface area contributed by atoms with E-state index in [9.17, 15) is 4.39 Å². The molecule has 2 heterocycles. The molecule has 0 aliphatic carbocycles. The Morgan fingerprint density at radius 2 is 2.35 bits per heavy atom. The molecular formula is C13H15FN2S. The number of nitrogens with zero attached hydrogens (tertiary/aromatic N) is 1. The predicted octanol–water partition coefficient (Wildman–Crippen LogP) is 3.18. The van der Waals surface area contributed by atoms with Gasteiger partial charge in [-0.15, -0.1) is 11.3 Å². The Balaban J connectivity index is 1.83.